The number of aryl methyl sites for hydroxylation is 1. The summed E-state index contributed by atoms with van der Waals surface area (Å²) in [6, 6.07) is 3.27. The number of H-pyrrole nitrogens is 1. The molecule has 0 aliphatic carbocycles. The van der Waals surface area contributed by atoms with Gasteiger partial charge in [0.25, 0.3) is 11.5 Å². The van der Waals surface area contributed by atoms with Gasteiger partial charge in [0.1, 0.15) is 11.6 Å². The van der Waals surface area contributed by atoms with E-state index in [1.807, 2.05) is 0 Å². The largest absolute Gasteiger partial charge is 0.398 e. The molecule has 1 amide bonds. The molecule has 0 radical (unpaired) electrons. The number of halogens is 1. The highest BCUT2D eigenvalue weighted by molar-refractivity contribution is 6.02. The third kappa shape index (κ3) is 4.36. The van der Waals surface area contributed by atoms with Crippen molar-refractivity contribution in [3.63, 3.8) is 0 Å². The number of hydrogen-bond acceptors (Lipinski definition) is 5. The molecule has 8 heteroatoms. The van der Waals surface area contributed by atoms with E-state index in [0.717, 1.165) is 12.5 Å². The fraction of sp³-hybridized carbons (Fsp3) is 0.429. The van der Waals surface area contributed by atoms with Crippen LogP contribution in [0.25, 0.3) is 0 Å². The lowest BCUT2D eigenvalue weighted by molar-refractivity contribution is 0.0642. The van der Waals surface area contributed by atoms with Crippen molar-refractivity contribution < 1.29 is 9.18 Å². The molecule has 0 saturated carbocycles. The van der Waals surface area contributed by atoms with Gasteiger partial charge in [-0.1, -0.05) is 6.92 Å². The van der Waals surface area contributed by atoms with Crippen molar-refractivity contribution in [2.24, 2.45) is 5.92 Å². The second-order valence-corrected chi connectivity index (χ2v) is 7.80. The first-order chi connectivity index (χ1) is 13.7. The van der Waals surface area contributed by atoms with Gasteiger partial charge in [-0.3, -0.25) is 9.59 Å². The van der Waals surface area contributed by atoms with Crippen LogP contribution in [0.5, 0.6) is 0 Å². The number of anilines is 1. The molecule has 3 rings (SSSR count). The van der Waals surface area contributed by atoms with Gasteiger partial charge in [0.2, 0.25) is 0 Å². The Morgan fingerprint density at radius 3 is 2.83 bits per heavy atom. The van der Waals surface area contributed by atoms with Crippen LogP contribution in [0.2, 0.25) is 0 Å². The van der Waals surface area contributed by atoms with E-state index in [0.29, 0.717) is 36.0 Å². The number of likely N-dealkylation sites (tertiary alicyclic amines) is 1. The van der Waals surface area contributed by atoms with E-state index in [4.69, 9.17) is 11.1 Å². The first-order valence-electron chi connectivity index (χ1n) is 9.67. The smallest absolute Gasteiger partial charge is 0.256 e. The summed E-state index contributed by atoms with van der Waals surface area (Å²) in [6.07, 6.45) is 1.55. The summed E-state index contributed by atoms with van der Waals surface area (Å²) in [5.74, 6) is -0.179. The van der Waals surface area contributed by atoms with Gasteiger partial charge in [0.15, 0.2) is 0 Å². The van der Waals surface area contributed by atoms with Crippen LogP contribution in [0.15, 0.2) is 23.0 Å². The zero-order valence-corrected chi connectivity index (χ0v) is 16.9. The molecular formula is C21H26FN5O2. The lowest BCUT2D eigenvalue weighted by Crippen LogP contribution is -2.50. The summed E-state index contributed by atoms with van der Waals surface area (Å²) >= 11 is 0. The average Bonchev–Trinajstić information content (AvgIpc) is 2.67. The maximum Gasteiger partial charge on any atom is 0.256 e. The van der Waals surface area contributed by atoms with Crippen molar-refractivity contribution in [1.82, 2.24) is 14.9 Å². The van der Waals surface area contributed by atoms with Gasteiger partial charge < -0.3 is 21.0 Å². The van der Waals surface area contributed by atoms with Gasteiger partial charge in [-0.05, 0) is 50.8 Å². The summed E-state index contributed by atoms with van der Waals surface area (Å²) in [5, 5.41) is 8.63. The summed E-state index contributed by atoms with van der Waals surface area (Å²) < 4.78 is 13.7. The van der Waals surface area contributed by atoms with Gasteiger partial charge in [-0.15, -0.1) is 0 Å². The molecule has 1 saturated heterocycles. The Labute approximate surface area is 168 Å². The number of carbonyl (C=O) groups excluding carboxylic acids is 1. The quantitative estimate of drug-likeness (QED) is 0.541. The molecule has 1 aromatic heterocycles. The Morgan fingerprint density at radius 2 is 2.14 bits per heavy atom. The molecule has 2 aromatic rings. The molecular weight excluding hydrogens is 373 g/mol. The van der Waals surface area contributed by atoms with E-state index in [1.165, 1.54) is 12.1 Å². The predicted octanol–water partition coefficient (Wildman–Crippen LogP) is 2.61. The molecule has 29 heavy (non-hydrogen) atoms. The molecule has 4 N–H and O–H groups in total. The third-order valence-electron chi connectivity index (χ3n) is 5.58. The molecule has 1 fully saturated rings. The van der Waals surface area contributed by atoms with E-state index in [1.54, 1.807) is 18.7 Å². The van der Waals surface area contributed by atoms with Gasteiger partial charge in [0, 0.05) is 35.6 Å². The maximum atomic E-state index is 13.7. The zero-order chi connectivity index (χ0) is 21.3. The van der Waals surface area contributed by atoms with E-state index >= 15 is 0 Å². The van der Waals surface area contributed by atoms with Crippen LogP contribution in [-0.2, 0) is 6.42 Å². The lowest BCUT2D eigenvalue weighted by atomic mass is 9.88. The molecule has 2 unspecified atom stereocenters. The third-order valence-corrected chi connectivity index (χ3v) is 5.58. The van der Waals surface area contributed by atoms with E-state index in [9.17, 15) is 14.0 Å². The summed E-state index contributed by atoms with van der Waals surface area (Å²) in [6.45, 7) is 5.99. The summed E-state index contributed by atoms with van der Waals surface area (Å²) in [7, 11) is 0. The Bertz CT molecular complexity index is 1020. The number of hydrogen-bond donors (Lipinski definition) is 3. The standard InChI is InChI=1S/C21H26FN5O2/c1-11-6-7-27(21(29)15-9-14(22)4-5-16(15)23)18(8-11)17(24)10-19-25-13(3)12(2)20(28)26-19/h4-5,9,11,18,24H,6-8,10,23H2,1-3H3,(H,25,26,28). The van der Waals surface area contributed by atoms with Crippen LogP contribution in [0, 0.1) is 31.0 Å². The molecule has 0 spiro atoms. The second-order valence-electron chi connectivity index (χ2n) is 7.80. The Balaban J connectivity index is 1.88. The molecule has 7 nitrogen and oxygen atoms in total. The number of carbonyl (C=O) groups is 1. The van der Waals surface area contributed by atoms with Crippen LogP contribution in [0.3, 0.4) is 0 Å². The molecule has 1 aliphatic heterocycles. The highest BCUT2D eigenvalue weighted by Gasteiger charge is 2.34. The van der Waals surface area contributed by atoms with E-state index < -0.39 is 11.9 Å². The van der Waals surface area contributed by atoms with E-state index in [2.05, 4.69) is 16.9 Å². The van der Waals surface area contributed by atoms with Crippen LogP contribution < -0.4 is 11.3 Å². The molecule has 2 atom stereocenters. The number of amides is 1. The van der Waals surface area contributed by atoms with Crippen LogP contribution in [0.4, 0.5) is 10.1 Å². The van der Waals surface area contributed by atoms with Crippen molar-refractivity contribution in [2.45, 2.75) is 46.1 Å². The Morgan fingerprint density at radius 1 is 1.41 bits per heavy atom. The highest BCUT2D eigenvalue weighted by Crippen LogP contribution is 2.27. The minimum absolute atomic E-state index is 0.107. The fourth-order valence-electron chi connectivity index (χ4n) is 3.67. The van der Waals surface area contributed by atoms with Crippen LogP contribution in [-0.4, -0.2) is 39.1 Å². The minimum Gasteiger partial charge on any atom is -0.398 e. The van der Waals surface area contributed by atoms with Crippen molar-refractivity contribution >= 4 is 17.3 Å². The Kier molecular flexibility index (Phi) is 5.81. The highest BCUT2D eigenvalue weighted by atomic mass is 19.1. The number of nitrogens with zero attached hydrogens (tertiary/aromatic N) is 2. The number of nitrogens with one attached hydrogen (secondary N) is 2. The van der Waals surface area contributed by atoms with Crippen molar-refractivity contribution in [3.8, 4) is 0 Å². The SMILES string of the molecule is Cc1nc(CC(=N)C2CC(C)CCN2C(=O)c2cc(F)ccc2N)[nH]c(=O)c1C. The number of piperidine rings is 1. The van der Waals surface area contributed by atoms with Gasteiger partial charge >= 0.3 is 0 Å². The van der Waals surface area contributed by atoms with Gasteiger partial charge in [-0.2, -0.15) is 0 Å². The van der Waals surface area contributed by atoms with E-state index in [-0.39, 0.29) is 34.8 Å². The monoisotopic (exact) mass is 399 g/mol. The van der Waals surface area contributed by atoms with Crippen LogP contribution in [0.1, 0.15) is 47.2 Å². The summed E-state index contributed by atoms with van der Waals surface area (Å²) in [5.41, 5.74) is 7.44. The lowest BCUT2D eigenvalue weighted by Gasteiger charge is -2.39. The van der Waals surface area contributed by atoms with Crippen molar-refractivity contribution in [2.75, 3.05) is 12.3 Å². The average molecular weight is 399 g/mol. The van der Waals surface area contributed by atoms with Crippen molar-refractivity contribution in [3.05, 3.63) is 57.0 Å². The molecule has 0 bridgehead atoms. The second kappa shape index (κ2) is 8.14. The molecule has 1 aromatic carbocycles. The molecule has 1 aliphatic rings. The summed E-state index contributed by atoms with van der Waals surface area (Å²) in [4.78, 5) is 33.8. The zero-order valence-electron chi connectivity index (χ0n) is 16.9. The number of nitrogen functional groups attached to an aromatic ring is 1. The predicted molar refractivity (Wildman–Crippen MR) is 110 cm³/mol. The number of rotatable bonds is 4. The van der Waals surface area contributed by atoms with Crippen LogP contribution >= 0.6 is 0 Å². The minimum atomic E-state index is -0.531. The van der Waals surface area contributed by atoms with Gasteiger partial charge in [-0.25, -0.2) is 9.37 Å². The number of aromatic amines is 1. The fourth-order valence-corrected chi connectivity index (χ4v) is 3.67. The number of benzene rings is 1. The molecule has 154 valence electrons. The Hall–Kier alpha value is -3.03. The molecule has 2 heterocycles. The van der Waals surface area contributed by atoms with Gasteiger partial charge in [0.05, 0.1) is 11.6 Å². The van der Waals surface area contributed by atoms with Crippen molar-refractivity contribution in [1.29, 1.82) is 5.41 Å². The normalized spacial score (nSPS) is 19.2. The number of aromatic nitrogens is 2. The maximum absolute atomic E-state index is 13.7. The first-order valence-corrected chi connectivity index (χ1v) is 9.67. The number of nitrogens with two attached hydrogens (primary N) is 1. The first kappa shape index (κ1) is 20.7. The topological polar surface area (TPSA) is 116 Å².